The van der Waals surface area contributed by atoms with E-state index in [0.717, 1.165) is 31.1 Å². The van der Waals surface area contributed by atoms with E-state index < -0.39 is 0 Å². The van der Waals surface area contributed by atoms with Gasteiger partial charge in [-0.25, -0.2) is 0 Å². The van der Waals surface area contributed by atoms with E-state index in [1.807, 2.05) is 0 Å². The fourth-order valence-electron chi connectivity index (χ4n) is 3.74. The second kappa shape index (κ2) is 4.58. The Morgan fingerprint density at radius 2 is 2.17 bits per heavy atom. The number of ether oxygens (including phenoxy) is 1. The van der Waals surface area contributed by atoms with Crippen LogP contribution in [0.3, 0.4) is 0 Å². The highest BCUT2D eigenvalue weighted by molar-refractivity contribution is 5.38. The molecular formula is C16H23NO. The van der Waals surface area contributed by atoms with E-state index >= 15 is 0 Å². The molecule has 1 heterocycles. The summed E-state index contributed by atoms with van der Waals surface area (Å²) in [4.78, 5) is 0. The summed E-state index contributed by atoms with van der Waals surface area (Å²) in [5.41, 5.74) is 8.03. The number of nitrogens with two attached hydrogens (primary N) is 1. The van der Waals surface area contributed by atoms with Crippen molar-refractivity contribution in [1.82, 2.24) is 0 Å². The van der Waals surface area contributed by atoms with Gasteiger partial charge in [0.15, 0.2) is 0 Å². The molecule has 18 heavy (non-hydrogen) atoms. The van der Waals surface area contributed by atoms with Crippen LogP contribution in [0.15, 0.2) is 24.3 Å². The molecule has 0 radical (unpaired) electrons. The Morgan fingerprint density at radius 3 is 2.94 bits per heavy atom. The predicted molar refractivity (Wildman–Crippen MR) is 73.8 cm³/mol. The van der Waals surface area contributed by atoms with Crippen molar-refractivity contribution < 1.29 is 4.74 Å². The molecule has 3 rings (SSSR count). The van der Waals surface area contributed by atoms with Crippen molar-refractivity contribution in [3.8, 4) is 5.75 Å². The van der Waals surface area contributed by atoms with Gasteiger partial charge in [-0.1, -0.05) is 25.1 Å². The van der Waals surface area contributed by atoms with E-state index in [4.69, 9.17) is 10.5 Å². The van der Waals surface area contributed by atoms with Crippen LogP contribution in [-0.2, 0) is 0 Å². The van der Waals surface area contributed by atoms with Crippen molar-refractivity contribution in [2.24, 2.45) is 11.7 Å². The number of benzene rings is 1. The van der Waals surface area contributed by atoms with Crippen LogP contribution in [0.4, 0.5) is 0 Å². The van der Waals surface area contributed by atoms with Gasteiger partial charge in [-0.3, -0.25) is 0 Å². The molecule has 3 atom stereocenters. The van der Waals surface area contributed by atoms with Gasteiger partial charge in [-0.05, 0) is 55.6 Å². The molecule has 2 nitrogen and oxygen atoms in total. The van der Waals surface area contributed by atoms with Crippen LogP contribution < -0.4 is 10.5 Å². The van der Waals surface area contributed by atoms with Crippen LogP contribution >= 0.6 is 0 Å². The maximum atomic E-state index is 6.60. The second-order valence-electron chi connectivity index (χ2n) is 6.29. The number of fused-ring (bicyclic) bond motifs is 1. The maximum Gasteiger partial charge on any atom is 0.122 e. The molecule has 0 spiro atoms. The summed E-state index contributed by atoms with van der Waals surface area (Å²) < 4.78 is 5.73. The summed E-state index contributed by atoms with van der Waals surface area (Å²) in [7, 11) is 0. The molecule has 2 N–H and O–H groups in total. The topological polar surface area (TPSA) is 35.2 Å². The molecule has 2 aliphatic rings. The number of para-hydroxylation sites is 1. The van der Waals surface area contributed by atoms with Gasteiger partial charge >= 0.3 is 0 Å². The molecule has 1 aliphatic heterocycles. The maximum absolute atomic E-state index is 6.60. The lowest BCUT2D eigenvalue weighted by Crippen LogP contribution is -2.39. The van der Waals surface area contributed by atoms with Crippen molar-refractivity contribution in [2.45, 2.75) is 50.5 Å². The summed E-state index contributed by atoms with van der Waals surface area (Å²) in [6.45, 7) is 3.17. The zero-order valence-electron chi connectivity index (χ0n) is 11.2. The fraction of sp³-hybridized carbons (Fsp3) is 0.625. The normalized spacial score (nSPS) is 35.0. The van der Waals surface area contributed by atoms with Gasteiger partial charge < -0.3 is 10.5 Å². The molecule has 0 amide bonds. The molecule has 1 aromatic rings. The second-order valence-corrected chi connectivity index (χ2v) is 6.29. The summed E-state index contributed by atoms with van der Waals surface area (Å²) in [5, 5.41) is 0. The van der Waals surface area contributed by atoms with Crippen molar-refractivity contribution in [2.75, 3.05) is 6.61 Å². The third kappa shape index (κ3) is 2.26. The molecule has 0 saturated heterocycles. The minimum Gasteiger partial charge on any atom is -0.493 e. The number of rotatable bonds is 2. The third-order valence-electron chi connectivity index (χ3n) is 4.63. The first-order valence-corrected chi connectivity index (χ1v) is 7.17. The minimum atomic E-state index is 0.0640. The summed E-state index contributed by atoms with van der Waals surface area (Å²) in [5.74, 6) is 2.46. The van der Waals surface area contributed by atoms with E-state index in [-0.39, 0.29) is 5.54 Å². The predicted octanol–water partition coefficient (Wildman–Crippen LogP) is 3.46. The van der Waals surface area contributed by atoms with Crippen molar-refractivity contribution in [3.05, 3.63) is 29.8 Å². The van der Waals surface area contributed by atoms with Crippen LogP contribution in [0, 0.1) is 5.92 Å². The summed E-state index contributed by atoms with van der Waals surface area (Å²) in [6.07, 6.45) is 5.91. The molecule has 1 aliphatic carbocycles. The standard InChI is InChI=1S/C16H23NO/c1-12-6-8-16(17,10-12)11-13-7-9-18-15-5-3-2-4-14(13)15/h2-5,12-13H,6-11,17H2,1H3. The molecule has 98 valence electrons. The van der Waals surface area contributed by atoms with Crippen molar-refractivity contribution in [1.29, 1.82) is 0 Å². The van der Waals surface area contributed by atoms with Gasteiger partial charge in [0.05, 0.1) is 6.61 Å². The smallest absolute Gasteiger partial charge is 0.122 e. The van der Waals surface area contributed by atoms with E-state index in [0.29, 0.717) is 5.92 Å². The lowest BCUT2D eigenvalue weighted by molar-refractivity contribution is 0.241. The van der Waals surface area contributed by atoms with Gasteiger partial charge in [0, 0.05) is 5.54 Å². The van der Waals surface area contributed by atoms with Gasteiger partial charge in [0.2, 0.25) is 0 Å². The average molecular weight is 245 g/mol. The van der Waals surface area contributed by atoms with Crippen molar-refractivity contribution in [3.63, 3.8) is 0 Å². The molecule has 1 fully saturated rings. The number of hydrogen-bond donors (Lipinski definition) is 1. The average Bonchev–Trinajstić information content (AvgIpc) is 2.70. The quantitative estimate of drug-likeness (QED) is 0.866. The first-order chi connectivity index (χ1) is 8.66. The van der Waals surface area contributed by atoms with E-state index in [9.17, 15) is 0 Å². The molecule has 0 aromatic heterocycles. The Balaban J connectivity index is 1.78. The Morgan fingerprint density at radius 1 is 1.33 bits per heavy atom. The Hall–Kier alpha value is -1.02. The van der Waals surface area contributed by atoms with Gasteiger partial charge in [0.25, 0.3) is 0 Å². The third-order valence-corrected chi connectivity index (χ3v) is 4.63. The summed E-state index contributed by atoms with van der Waals surface area (Å²) >= 11 is 0. The van der Waals surface area contributed by atoms with Crippen LogP contribution in [0.2, 0.25) is 0 Å². The highest BCUT2D eigenvalue weighted by Gasteiger charge is 2.37. The van der Waals surface area contributed by atoms with Gasteiger partial charge in [0.1, 0.15) is 5.75 Å². The van der Waals surface area contributed by atoms with Crippen LogP contribution in [0.25, 0.3) is 0 Å². The largest absolute Gasteiger partial charge is 0.493 e. The first-order valence-electron chi connectivity index (χ1n) is 7.17. The molecule has 3 unspecified atom stereocenters. The van der Waals surface area contributed by atoms with E-state index in [1.165, 1.54) is 24.8 Å². The minimum absolute atomic E-state index is 0.0640. The Labute approximate surface area is 110 Å². The molecule has 1 saturated carbocycles. The summed E-state index contributed by atoms with van der Waals surface area (Å²) in [6, 6.07) is 8.46. The Kier molecular flexibility index (Phi) is 3.06. The van der Waals surface area contributed by atoms with Crippen LogP contribution in [0.1, 0.15) is 50.5 Å². The molecular weight excluding hydrogens is 222 g/mol. The van der Waals surface area contributed by atoms with Crippen LogP contribution in [0.5, 0.6) is 5.75 Å². The highest BCUT2D eigenvalue weighted by atomic mass is 16.5. The van der Waals surface area contributed by atoms with Crippen molar-refractivity contribution >= 4 is 0 Å². The van der Waals surface area contributed by atoms with Crippen LogP contribution in [-0.4, -0.2) is 12.1 Å². The first kappa shape index (κ1) is 12.0. The zero-order chi connectivity index (χ0) is 12.6. The molecule has 0 bridgehead atoms. The van der Waals surface area contributed by atoms with Gasteiger partial charge in [-0.2, -0.15) is 0 Å². The highest BCUT2D eigenvalue weighted by Crippen LogP contribution is 2.43. The van der Waals surface area contributed by atoms with E-state index in [2.05, 4.69) is 31.2 Å². The monoisotopic (exact) mass is 245 g/mol. The SMILES string of the molecule is CC1CCC(N)(CC2CCOc3ccccc32)C1. The lowest BCUT2D eigenvalue weighted by atomic mass is 9.80. The van der Waals surface area contributed by atoms with E-state index in [1.54, 1.807) is 0 Å². The number of hydrogen-bond acceptors (Lipinski definition) is 2. The molecule has 1 aromatic carbocycles. The lowest BCUT2D eigenvalue weighted by Gasteiger charge is -2.33. The fourth-order valence-corrected chi connectivity index (χ4v) is 3.74. The molecule has 2 heteroatoms. The van der Waals surface area contributed by atoms with Gasteiger partial charge in [-0.15, -0.1) is 0 Å². The Bertz CT molecular complexity index is 431. The zero-order valence-corrected chi connectivity index (χ0v) is 11.2.